The SMILES string of the molecule is C[C@]1(O)C2=CC(=O)C=C[C@@]2(C)[C@@H]2C[C@@H]21. The predicted octanol–water partition coefficient (Wildman–Crippen LogP) is 1.46. The molecule has 0 unspecified atom stereocenters. The minimum atomic E-state index is -0.750. The number of carbonyl (C=O) groups is 1. The molecule has 0 radical (unpaired) electrons. The summed E-state index contributed by atoms with van der Waals surface area (Å²) >= 11 is 0. The smallest absolute Gasteiger partial charge is 0.178 e. The molecule has 0 bridgehead atoms. The Bertz CT molecular complexity index is 389. The molecule has 2 heteroatoms. The van der Waals surface area contributed by atoms with Crippen LogP contribution in [0.3, 0.4) is 0 Å². The lowest BCUT2D eigenvalue weighted by molar-refractivity contribution is -0.110. The Labute approximate surface area is 83.3 Å². The zero-order chi connectivity index (χ0) is 10.1. The van der Waals surface area contributed by atoms with E-state index < -0.39 is 5.60 Å². The molecule has 0 aromatic heterocycles. The van der Waals surface area contributed by atoms with Gasteiger partial charge in [-0.25, -0.2) is 0 Å². The van der Waals surface area contributed by atoms with E-state index in [-0.39, 0.29) is 11.2 Å². The molecule has 0 saturated heterocycles. The second-order valence-electron chi connectivity index (χ2n) is 5.17. The molecule has 14 heavy (non-hydrogen) atoms. The van der Waals surface area contributed by atoms with Crippen molar-refractivity contribution in [3.8, 4) is 0 Å². The molecule has 2 saturated carbocycles. The Balaban J connectivity index is 2.17. The first-order valence-corrected chi connectivity index (χ1v) is 5.14. The van der Waals surface area contributed by atoms with Crippen molar-refractivity contribution in [3.05, 3.63) is 23.8 Å². The van der Waals surface area contributed by atoms with E-state index in [1.807, 2.05) is 13.0 Å². The highest BCUT2D eigenvalue weighted by atomic mass is 16.3. The average Bonchev–Trinajstić information content (AvgIpc) is 2.85. The van der Waals surface area contributed by atoms with Crippen LogP contribution in [0.15, 0.2) is 23.8 Å². The van der Waals surface area contributed by atoms with Gasteiger partial charge in [0.25, 0.3) is 0 Å². The number of rotatable bonds is 0. The summed E-state index contributed by atoms with van der Waals surface area (Å²) in [4.78, 5) is 11.3. The minimum Gasteiger partial charge on any atom is -0.385 e. The summed E-state index contributed by atoms with van der Waals surface area (Å²) in [6.45, 7) is 3.98. The van der Waals surface area contributed by atoms with Gasteiger partial charge in [0.15, 0.2) is 5.78 Å². The molecular weight excluding hydrogens is 176 g/mol. The number of hydrogen-bond acceptors (Lipinski definition) is 2. The van der Waals surface area contributed by atoms with Crippen molar-refractivity contribution in [3.63, 3.8) is 0 Å². The first-order valence-electron chi connectivity index (χ1n) is 5.14. The molecule has 0 aromatic carbocycles. The van der Waals surface area contributed by atoms with E-state index in [1.165, 1.54) is 0 Å². The summed E-state index contributed by atoms with van der Waals surface area (Å²) in [6, 6.07) is 0. The molecule has 4 atom stereocenters. The third kappa shape index (κ3) is 0.742. The van der Waals surface area contributed by atoms with E-state index in [9.17, 15) is 9.90 Å². The number of hydrogen-bond donors (Lipinski definition) is 1. The molecule has 0 aliphatic heterocycles. The van der Waals surface area contributed by atoms with Gasteiger partial charge < -0.3 is 5.11 Å². The largest absolute Gasteiger partial charge is 0.385 e. The third-order valence-corrected chi connectivity index (χ3v) is 4.29. The van der Waals surface area contributed by atoms with Gasteiger partial charge >= 0.3 is 0 Å². The molecule has 3 aliphatic carbocycles. The quantitative estimate of drug-likeness (QED) is 0.628. The molecule has 0 aromatic rings. The fourth-order valence-electron chi connectivity index (χ4n) is 3.38. The van der Waals surface area contributed by atoms with E-state index >= 15 is 0 Å². The van der Waals surface area contributed by atoms with Crippen LogP contribution in [0.1, 0.15) is 20.3 Å². The van der Waals surface area contributed by atoms with Gasteiger partial charge in [-0.05, 0) is 42.9 Å². The minimum absolute atomic E-state index is 0.0130. The maximum absolute atomic E-state index is 11.3. The summed E-state index contributed by atoms with van der Waals surface area (Å²) in [5.74, 6) is 0.932. The van der Waals surface area contributed by atoms with Crippen molar-refractivity contribution < 1.29 is 9.90 Å². The number of allylic oxidation sites excluding steroid dienone is 3. The molecule has 3 aliphatic rings. The number of ketones is 1. The second-order valence-corrected chi connectivity index (χ2v) is 5.17. The fraction of sp³-hybridized carbons (Fsp3) is 0.583. The van der Waals surface area contributed by atoms with Crippen molar-refractivity contribution >= 4 is 5.78 Å². The Morgan fingerprint density at radius 1 is 1.43 bits per heavy atom. The lowest BCUT2D eigenvalue weighted by atomic mass is 9.73. The number of fused-ring (bicyclic) bond motifs is 3. The standard InChI is InChI=1S/C12H14O2/c1-11-4-3-7(13)5-10(11)12(2,14)9-6-8(9)11/h3-5,8-9,14H,6H2,1-2H3/t8-,9+,11+,12-/m1/s1. The fourth-order valence-corrected chi connectivity index (χ4v) is 3.38. The van der Waals surface area contributed by atoms with Crippen LogP contribution in [0.5, 0.6) is 0 Å². The zero-order valence-electron chi connectivity index (χ0n) is 8.45. The van der Waals surface area contributed by atoms with Crippen molar-refractivity contribution in [1.29, 1.82) is 0 Å². The van der Waals surface area contributed by atoms with Crippen molar-refractivity contribution in [2.75, 3.05) is 0 Å². The van der Waals surface area contributed by atoms with Gasteiger partial charge in [-0.3, -0.25) is 4.79 Å². The van der Waals surface area contributed by atoms with Crippen LogP contribution >= 0.6 is 0 Å². The first kappa shape index (κ1) is 8.42. The normalized spacial score (nSPS) is 53.9. The third-order valence-electron chi connectivity index (χ3n) is 4.29. The van der Waals surface area contributed by atoms with Crippen molar-refractivity contribution in [2.45, 2.75) is 25.9 Å². The number of carbonyl (C=O) groups excluding carboxylic acids is 1. The Hall–Kier alpha value is -0.890. The Kier molecular flexibility index (Phi) is 1.22. The number of aliphatic hydroxyl groups is 1. The molecule has 0 heterocycles. The summed E-state index contributed by atoms with van der Waals surface area (Å²) in [6.07, 6.45) is 6.35. The van der Waals surface area contributed by atoms with Gasteiger partial charge in [0, 0.05) is 5.41 Å². The van der Waals surface area contributed by atoms with Crippen LogP contribution in [0.25, 0.3) is 0 Å². The lowest BCUT2D eigenvalue weighted by Crippen LogP contribution is -2.33. The highest BCUT2D eigenvalue weighted by Crippen LogP contribution is 2.69. The molecule has 0 amide bonds. The first-order chi connectivity index (χ1) is 6.46. The molecule has 1 N–H and O–H groups in total. The molecule has 2 nitrogen and oxygen atoms in total. The van der Waals surface area contributed by atoms with Gasteiger partial charge in [0.2, 0.25) is 0 Å². The van der Waals surface area contributed by atoms with Gasteiger partial charge in [-0.2, -0.15) is 0 Å². The molecule has 3 rings (SSSR count). The summed E-state index contributed by atoms with van der Waals surface area (Å²) in [5.41, 5.74) is 0.126. The van der Waals surface area contributed by atoms with Crippen molar-refractivity contribution in [1.82, 2.24) is 0 Å². The van der Waals surface area contributed by atoms with Gasteiger partial charge in [-0.1, -0.05) is 13.0 Å². The summed E-state index contributed by atoms with van der Waals surface area (Å²) in [5, 5.41) is 10.3. The second kappa shape index (κ2) is 2.03. The molecule has 0 spiro atoms. The molecule has 2 fully saturated rings. The predicted molar refractivity (Wildman–Crippen MR) is 52.6 cm³/mol. The summed E-state index contributed by atoms with van der Waals surface area (Å²) in [7, 11) is 0. The van der Waals surface area contributed by atoms with E-state index in [0.29, 0.717) is 11.8 Å². The maximum atomic E-state index is 11.3. The van der Waals surface area contributed by atoms with Crippen molar-refractivity contribution in [2.24, 2.45) is 17.3 Å². The van der Waals surface area contributed by atoms with E-state index in [1.54, 1.807) is 12.2 Å². The van der Waals surface area contributed by atoms with Crippen LogP contribution in [0, 0.1) is 17.3 Å². The van der Waals surface area contributed by atoms with Gasteiger partial charge in [0.05, 0.1) is 5.60 Å². The van der Waals surface area contributed by atoms with Gasteiger partial charge in [0.1, 0.15) is 0 Å². The van der Waals surface area contributed by atoms with E-state index in [0.717, 1.165) is 12.0 Å². The lowest BCUT2D eigenvalue weighted by Gasteiger charge is -2.33. The Morgan fingerprint density at radius 3 is 2.86 bits per heavy atom. The van der Waals surface area contributed by atoms with Crippen LogP contribution in [0.4, 0.5) is 0 Å². The van der Waals surface area contributed by atoms with Gasteiger partial charge in [-0.15, -0.1) is 0 Å². The van der Waals surface area contributed by atoms with E-state index in [4.69, 9.17) is 0 Å². The van der Waals surface area contributed by atoms with Crippen LogP contribution < -0.4 is 0 Å². The molecular formula is C12H14O2. The Morgan fingerprint density at radius 2 is 2.14 bits per heavy atom. The zero-order valence-corrected chi connectivity index (χ0v) is 8.45. The maximum Gasteiger partial charge on any atom is 0.178 e. The topological polar surface area (TPSA) is 37.3 Å². The van der Waals surface area contributed by atoms with Crippen LogP contribution in [-0.2, 0) is 4.79 Å². The average molecular weight is 190 g/mol. The molecule has 74 valence electrons. The van der Waals surface area contributed by atoms with Crippen LogP contribution in [-0.4, -0.2) is 16.5 Å². The highest BCUT2D eigenvalue weighted by molar-refractivity contribution is 6.01. The summed E-state index contributed by atoms with van der Waals surface area (Å²) < 4.78 is 0. The van der Waals surface area contributed by atoms with Crippen LogP contribution in [0.2, 0.25) is 0 Å². The highest BCUT2D eigenvalue weighted by Gasteiger charge is 2.67. The van der Waals surface area contributed by atoms with E-state index in [2.05, 4.69) is 6.92 Å². The monoisotopic (exact) mass is 190 g/mol.